The van der Waals surface area contributed by atoms with Crippen molar-refractivity contribution < 1.29 is 9.90 Å². The lowest BCUT2D eigenvalue weighted by atomic mass is 10.1. The Kier molecular flexibility index (Phi) is 6.49. The van der Waals surface area contributed by atoms with Gasteiger partial charge < -0.3 is 15.4 Å². The van der Waals surface area contributed by atoms with Gasteiger partial charge in [-0.3, -0.25) is 10.1 Å². The largest absolute Gasteiger partial charge is 0.480 e. The minimum atomic E-state index is -0.904. The maximum atomic E-state index is 11.3. The Bertz CT molecular complexity index is 585. The Hall–Kier alpha value is -2.48. The van der Waals surface area contributed by atoms with Crippen molar-refractivity contribution in [3.63, 3.8) is 0 Å². The van der Waals surface area contributed by atoms with Crippen molar-refractivity contribution in [1.29, 1.82) is 0 Å². The molecule has 1 atom stereocenters. The number of unbranched alkanes of at least 4 members (excludes halogenated alkanes) is 1. The Morgan fingerprint density at radius 2 is 2.13 bits per heavy atom. The number of H-pyrrole nitrogens is 1. The van der Waals surface area contributed by atoms with Gasteiger partial charge in [0.15, 0.2) is 0 Å². The van der Waals surface area contributed by atoms with E-state index in [9.17, 15) is 9.90 Å². The molecule has 0 fully saturated rings. The van der Waals surface area contributed by atoms with E-state index in [0.29, 0.717) is 18.9 Å². The first-order valence-electron chi connectivity index (χ1n) is 7.67. The van der Waals surface area contributed by atoms with Crippen LogP contribution in [0.25, 0.3) is 0 Å². The fraction of sp³-hybridized carbons (Fsp3) is 0.467. The number of nitrogens with one attached hydrogen (secondary N) is 3. The molecule has 4 N–H and O–H groups in total. The molecule has 0 saturated carbocycles. The highest BCUT2D eigenvalue weighted by molar-refractivity contribution is 5.73. The van der Waals surface area contributed by atoms with Crippen LogP contribution in [0.1, 0.15) is 31.0 Å². The molecule has 23 heavy (non-hydrogen) atoms. The van der Waals surface area contributed by atoms with Gasteiger partial charge in [0.2, 0.25) is 5.95 Å². The van der Waals surface area contributed by atoms with Crippen LogP contribution in [-0.4, -0.2) is 43.6 Å². The summed E-state index contributed by atoms with van der Waals surface area (Å²) < 4.78 is 0. The van der Waals surface area contributed by atoms with E-state index in [1.54, 1.807) is 18.6 Å². The van der Waals surface area contributed by atoms with Gasteiger partial charge in [-0.05, 0) is 6.42 Å². The summed E-state index contributed by atoms with van der Waals surface area (Å²) in [5.74, 6) is -0.312. The van der Waals surface area contributed by atoms with E-state index in [4.69, 9.17) is 0 Å². The lowest BCUT2D eigenvalue weighted by molar-refractivity contribution is -0.139. The summed E-state index contributed by atoms with van der Waals surface area (Å²) in [6.07, 6.45) is 9.08. The van der Waals surface area contributed by atoms with Crippen LogP contribution in [0.3, 0.4) is 0 Å². The monoisotopic (exact) mass is 318 g/mol. The van der Waals surface area contributed by atoms with E-state index in [1.807, 2.05) is 0 Å². The van der Waals surface area contributed by atoms with Crippen molar-refractivity contribution in [2.45, 2.75) is 38.8 Å². The highest BCUT2D eigenvalue weighted by Gasteiger charge is 2.18. The number of nitrogens with zero attached hydrogens (tertiary/aromatic N) is 3. The molecule has 8 nitrogen and oxygen atoms in total. The van der Waals surface area contributed by atoms with Gasteiger partial charge in [0.05, 0.1) is 6.33 Å². The molecule has 2 rings (SSSR count). The van der Waals surface area contributed by atoms with Crippen LogP contribution in [0, 0.1) is 0 Å². The van der Waals surface area contributed by atoms with Gasteiger partial charge >= 0.3 is 5.97 Å². The molecule has 0 amide bonds. The third kappa shape index (κ3) is 5.67. The van der Waals surface area contributed by atoms with Crippen LogP contribution in [0.15, 0.2) is 24.9 Å². The first-order chi connectivity index (χ1) is 11.2. The standard InChI is InChI=1S/C15H22N6O2/c1-2-3-4-17-15-19-7-11(8-20-15)6-18-13(14(22)23)5-12-9-16-10-21-12/h7-10,13,18H,2-6H2,1H3,(H,16,21)(H,22,23)(H,17,19,20)/t13-/m1/s1. The molecule has 8 heteroatoms. The number of hydrogen-bond acceptors (Lipinski definition) is 6. The molecule has 0 radical (unpaired) electrons. The van der Waals surface area contributed by atoms with Gasteiger partial charge in [0.25, 0.3) is 0 Å². The number of carboxylic acids is 1. The number of imidazole rings is 1. The van der Waals surface area contributed by atoms with E-state index in [0.717, 1.165) is 30.6 Å². The zero-order valence-corrected chi connectivity index (χ0v) is 13.1. The molecule has 2 aromatic rings. The SMILES string of the molecule is CCCCNc1ncc(CN[C@H](Cc2cnc[nH]2)C(=O)O)cn1. The molecule has 0 aliphatic heterocycles. The number of aromatic nitrogens is 4. The Labute approximate surface area is 134 Å². The fourth-order valence-corrected chi connectivity index (χ4v) is 2.02. The first-order valence-corrected chi connectivity index (χ1v) is 7.67. The predicted molar refractivity (Wildman–Crippen MR) is 86.0 cm³/mol. The molecule has 0 bridgehead atoms. The fourth-order valence-electron chi connectivity index (χ4n) is 2.02. The van der Waals surface area contributed by atoms with Gasteiger partial charge in [0.1, 0.15) is 6.04 Å². The topological polar surface area (TPSA) is 116 Å². The molecule has 0 aliphatic rings. The van der Waals surface area contributed by atoms with Crippen molar-refractivity contribution in [1.82, 2.24) is 25.3 Å². The second kappa shape index (κ2) is 8.84. The lowest BCUT2D eigenvalue weighted by Gasteiger charge is -2.13. The average Bonchev–Trinajstić information content (AvgIpc) is 3.06. The zero-order valence-electron chi connectivity index (χ0n) is 13.1. The number of hydrogen-bond donors (Lipinski definition) is 4. The third-order valence-electron chi connectivity index (χ3n) is 3.35. The maximum absolute atomic E-state index is 11.3. The Morgan fingerprint density at radius 1 is 1.35 bits per heavy atom. The van der Waals surface area contributed by atoms with E-state index in [1.165, 1.54) is 6.33 Å². The molecule has 0 unspecified atom stereocenters. The summed E-state index contributed by atoms with van der Waals surface area (Å²) in [5, 5.41) is 15.4. The maximum Gasteiger partial charge on any atom is 0.321 e. The number of carbonyl (C=O) groups is 1. The highest BCUT2D eigenvalue weighted by atomic mass is 16.4. The highest BCUT2D eigenvalue weighted by Crippen LogP contribution is 2.03. The van der Waals surface area contributed by atoms with Crippen molar-refractivity contribution in [3.05, 3.63) is 36.2 Å². The van der Waals surface area contributed by atoms with Crippen LogP contribution in [0.4, 0.5) is 5.95 Å². The third-order valence-corrected chi connectivity index (χ3v) is 3.35. The van der Waals surface area contributed by atoms with Crippen LogP contribution in [0.5, 0.6) is 0 Å². The summed E-state index contributed by atoms with van der Waals surface area (Å²) >= 11 is 0. The number of aromatic amines is 1. The van der Waals surface area contributed by atoms with Gasteiger partial charge in [-0.1, -0.05) is 13.3 Å². The summed E-state index contributed by atoms with van der Waals surface area (Å²) in [6, 6.07) is -0.696. The summed E-state index contributed by atoms with van der Waals surface area (Å²) in [4.78, 5) is 26.6. The Morgan fingerprint density at radius 3 is 2.74 bits per heavy atom. The molecule has 0 spiro atoms. The molecular weight excluding hydrogens is 296 g/mol. The number of carboxylic acid groups (broad SMARTS) is 1. The number of rotatable bonds is 10. The minimum absolute atomic E-state index is 0.340. The predicted octanol–water partition coefficient (Wildman–Crippen LogP) is 1.20. The Balaban J connectivity index is 1.84. The quantitative estimate of drug-likeness (QED) is 0.486. The summed E-state index contributed by atoms with van der Waals surface area (Å²) in [7, 11) is 0. The molecule has 0 aliphatic carbocycles. The van der Waals surface area contributed by atoms with E-state index >= 15 is 0 Å². The number of anilines is 1. The second-order valence-corrected chi connectivity index (χ2v) is 5.25. The van der Waals surface area contributed by atoms with Gasteiger partial charge in [-0.2, -0.15) is 0 Å². The van der Waals surface area contributed by atoms with Crippen molar-refractivity contribution in [2.24, 2.45) is 0 Å². The van der Waals surface area contributed by atoms with E-state index < -0.39 is 12.0 Å². The molecule has 0 saturated heterocycles. The van der Waals surface area contributed by atoms with Crippen LogP contribution in [-0.2, 0) is 17.8 Å². The van der Waals surface area contributed by atoms with E-state index in [-0.39, 0.29) is 0 Å². The molecule has 0 aromatic carbocycles. The normalized spacial score (nSPS) is 12.0. The van der Waals surface area contributed by atoms with Crippen LogP contribution in [0.2, 0.25) is 0 Å². The smallest absolute Gasteiger partial charge is 0.321 e. The van der Waals surface area contributed by atoms with Crippen molar-refractivity contribution in [3.8, 4) is 0 Å². The van der Waals surface area contributed by atoms with Gasteiger partial charge in [-0.25, -0.2) is 15.0 Å². The van der Waals surface area contributed by atoms with E-state index in [2.05, 4.69) is 37.5 Å². The van der Waals surface area contributed by atoms with Crippen LogP contribution >= 0.6 is 0 Å². The number of aliphatic carboxylic acids is 1. The molecule has 2 heterocycles. The van der Waals surface area contributed by atoms with Gasteiger partial charge in [-0.15, -0.1) is 0 Å². The molecular formula is C15H22N6O2. The van der Waals surface area contributed by atoms with Crippen molar-refractivity contribution >= 4 is 11.9 Å². The molecule has 124 valence electrons. The van der Waals surface area contributed by atoms with Gasteiger partial charge in [0, 0.05) is 49.4 Å². The lowest BCUT2D eigenvalue weighted by Crippen LogP contribution is -2.38. The molecule has 2 aromatic heterocycles. The van der Waals surface area contributed by atoms with Crippen molar-refractivity contribution in [2.75, 3.05) is 11.9 Å². The summed E-state index contributed by atoms with van der Waals surface area (Å²) in [5.41, 5.74) is 1.61. The summed E-state index contributed by atoms with van der Waals surface area (Å²) in [6.45, 7) is 3.36. The first kappa shape index (κ1) is 16.9. The average molecular weight is 318 g/mol. The zero-order chi connectivity index (χ0) is 16.5. The van der Waals surface area contributed by atoms with Crippen LogP contribution < -0.4 is 10.6 Å². The minimum Gasteiger partial charge on any atom is -0.480 e. The second-order valence-electron chi connectivity index (χ2n) is 5.25.